The van der Waals surface area contributed by atoms with Crippen molar-refractivity contribution in [3.05, 3.63) is 176 Å². The van der Waals surface area contributed by atoms with E-state index in [0.29, 0.717) is 17.5 Å². The molecule has 2 aromatic heterocycles. The molecule has 12 rings (SSSR count). The molecule has 254 valence electrons. The molecule has 3 nitrogen and oxygen atoms in total. The van der Waals surface area contributed by atoms with Crippen LogP contribution < -0.4 is 0 Å². The lowest BCUT2D eigenvalue weighted by Gasteiger charge is -2.17. The zero-order chi connectivity index (χ0) is 36.0. The Balaban J connectivity index is 1.16. The summed E-state index contributed by atoms with van der Waals surface area (Å²) in [4.78, 5) is 16.8. The number of benzene rings is 9. The Morgan fingerprint density at radius 3 is 1.45 bits per heavy atom. The number of hydrogen-bond acceptors (Lipinski definition) is 4. The maximum absolute atomic E-state index is 5.28. The predicted molar refractivity (Wildman–Crippen MR) is 233 cm³/mol. The van der Waals surface area contributed by atoms with Crippen LogP contribution in [0.4, 0.5) is 0 Å². The maximum Gasteiger partial charge on any atom is 0.164 e. The smallest absolute Gasteiger partial charge is 0.164 e. The lowest BCUT2D eigenvalue weighted by Crippen LogP contribution is -2.00. The summed E-state index contributed by atoms with van der Waals surface area (Å²) in [5.41, 5.74) is 4.01. The molecule has 0 bridgehead atoms. The minimum Gasteiger partial charge on any atom is -0.208 e. The Labute approximate surface area is 320 Å². The molecular formula is C51H29N3S. The van der Waals surface area contributed by atoms with E-state index in [0.717, 1.165) is 27.6 Å². The molecule has 0 amide bonds. The topological polar surface area (TPSA) is 38.7 Å². The Morgan fingerprint density at radius 1 is 0.291 bits per heavy atom. The summed E-state index contributed by atoms with van der Waals surface area (Å²) in [6, 6.07) is 63.5. The Kier molecular flexibility index (Phi) is 6.50. The first kappa shape index (κ1) is 30.5. The van der Waals surface area contributed by atoms with Gasteiger partial charge in [-0.15, -0.1) is 11.3 Å². The highest BCUT2D eigenvalue weighted by Crippen LogP contribution is 2.44. The molecule has 0 atom stereocenters. The van der Waals surface area contributed by atoms with Crippen LogP contribution in [0.2, 0.25) is 0 Å². The van der Waals surface area contributed by atoms with E-state index in [1.165, 1.54) is 74.2 Å². The zero-order valence-corrected chi connectivity index (χ0v) is 30.3. The fraction of sp³-hybridized carbons (Fsp3) is 0. The fourth-order valence-electron chi connectivity index (χ4n) is 8.70. The van der Waals surface area contributed by atoms with Crippen LogP contribution in [0.1, 0.15) is 0 Å². The van der Waals surface area contributed by atoms with E-state index in [-0.39, 0.29) is 0 Å². The highest BCUT2D eigenvalue weighted by Gasteiger charge is 2.19. The van der Waals surface area contributed by atoms with Gasteiger partial charge in [-0.1, -0.05) is 146 Å². The third kappa shape index (κ3) is 4.72. The van der Waals surface area contributed by atoms with Gasteiger partial charge in [-0.3, -0.25) is 0 Å². The molecule has 0 N–H and O–H groups in total. The van der Waals surface area contributed by atoms with Gasteiger partial charge in [0.25, 0.3) is 0 Å². The maximum atomic E-state index is 5.28. The lowest BCUT2D eigenvalue weighted by atomic mass is 9.87. The second kappa shape index (κ2) is 11.7. The second-order valence-electron chi connectivity index (χ2n) is 14.4. The minimum atomic E-state index is 0.649. The van der Waals surface area contributed by atoms with Gasteiger partial charge in [-0.25, -0.2) is 15.0 Å². The van der Waals surface area contributed by atoms with Crippen molar-refractivity contribution in [2.24, 2.45) is 0 Å². The van der Waals surface area contributed by atoms with Crippen LogP contribution in [0.25, 0.3) is 119 Å². The summed E-state index contributed by atoms with van der Waals surface area (Å²) in [6.07, 6.45) is 0. The van der Waals surface area contributed by atoms with Crippen LogP contribution in [0.3, 0.4) is 0 Å². The fourth-order valence-corrected chi connectivity index (χ4v) is 9.76. The molecule has 0 saturated carbocycles. The van der Waals surface area contributed by atoms with Gasteiger partial charge in [0.1, 0.15) is 0 Å². The second-order valence-corrected chi connectivity index (χ2v) is 15.4. The predicted octanol–water partition coefficient (Wildman–Crippen LogP) is 14.1. The molecule has 0 aliphatic heterocycles. The van der Waals surface area contributed by atoms with Crippen molar-refractivity contribution >= 4 is 86.1 Å². The molecule has 55 heavy (non-hydrogen) atoms. The summed E-state index contributed by atoms with van der Waals surface area (Å²) < 4.78 is 1.28. The molecule has 0 unspecified atom stereocenters. The monoisotopic (exact) mass is 715 g/mol. The molecule has 0 radical (unpaired) electrons. The normalized spacial score (nSPS) is 12.0. The van der Waals surface area contributed by atoms with Crippen molar-refractivity contribution in [3.63, 3.8) is 0 Å². The SMILES string of the molecule is c1ccc(-c2nc(-c3cccc(-c4cc5ccccc5s4)c3)nc(-c3cc4ccc5cccc6c7cccc8ccc9cccc(c(c3)c4c56)c9c87)n2)cc1. The summed E-state index contributed by atoms with van der Waals surface area (Å²) in [5.74, 6) is 1.95. The van der Waals surface area contributed by atoms with E-state index >= 15 is 0 Å². The molecule has 0 spiro atoms. The van der Waals surface area contributed by atoms with Crippen molar-refractivity contribution in [1.82, 2.24) is 15.0 Å². The van der Waals surface area contributed by atoms with E-state index in [9.17, 15) is 0 Å². The van der Waals surface area contributed by atoms with Gasteiger partial charge in [0, 0.05) is 26.3 Å². The average Bonchev–Trinajstić information content (AvgIpc) is 3.70. The number of hydrogen-bond donors (Lipinski definition) is 0. The molecule has 0 aliphatic carbocycles. The summed E-state index contributed by atoms with van der Waals surface area (Å²) in [5, 5.41) is 16.2. The molecule has 10 aromatic carbocycles. The van der Waals surface area contributed by atoms with Crippen molar-refractivity contribution in [2.45, 2.75) is 0 Å². The van der Waals surface area contributed by atoms with Crippen LogP contribution in [0.5, 0.6) is 0 Å². The summed E-state index contributed by atoms with van der Waals surface area (Å²) in [7, 11) is 0. The van der Waals surface area contributed by atoms with E-state index in [2.05, 4.69) is 158 Å². The van der Waals surface area contributed by atoms with Gasteiger partial charge < -0.3 is 0 Å². The zero-order valence-electron chi connectivity index (χ0n) is 29.5. The molecule has 2 heterocycles. The average molecular weight is 716 g/mol. The standard InChI is InChI=1S/C51H29N3S/c1-2-10-33(11-3-1)49-52-50(37-17-6-16-34(26-37)44-29-35-12-4-5-21-43(35)55-44)54-51(53-49)38-27-36-25-24-32-14-8-19-40-39-18-7-13-30-22-23-31-15-9-20-41(47(31)45(30)39)42(28-38)48(36)46(32)40/h1-29H. The van der Waals surface area contributed by atoms with Crippen molar-refractivity contribution in [2.75, 3.05) is 0 Å². The van der Waals surface area contributed by atoms with Crippen LogP contribution in [0, 0.1) is 0 Å². The first-order valence-electron chi connectivity index (χ1n) is 18.6. The van der Waals surface area contributed by atoms with Gasteiger partial charge in [0.15, 0.2) is 17.5 Å². The summed E-state index contributed by atoms with van der Waals surface area (Å²) >= 11 is 1.81. The van der Waals surface area contributed by atoms with E-state index in [1.54, 1.807) is 11.3 Å². The molecule has 0 saturated heterocycles. The first-order valence-corrected chi connectivity index (χ1v) is 19.4. The van der Waals surface area contributed by atoms with Gasteiger partial charge in [-0.2, -0.15) is 0 Å². The van der Waals surface area contributed by atoms with Gasteiger partial charge in [-0.05, 0) is 106 Å². The number of fused-ring (bicyclic) bond motifs is 3. The van der Waals surface area contributed by atoms with Crippen LogP contribution in [-0.2, 0) is 0 Å². The number of aromatic nitrogens is 3. The third-order valence-corrected chi connectivity index (χ3v) is 12.3. The van der Waals surface area contributed by atoms with Crippen molar-refractivity contribution in [3.8, 4) is 44.6 Å². The third-order valence-electron chi connectivity index (χ3n) is 11.2. The molecule has 4 heteroatoms. The number of nitrogens with zero attached hydrogens (tertiary/aromatic N) is 3. The Hall–Kier alpha value is -7.01. The number of thiophene rings is 1. The largest absolute Gasteiger partial charge is 0.208 e. The van der Waals surface area contributed by atoms with Crippen LogP contribution >= 0.6 is 11.3 Å². The molecule has 0 fully saturated rings. The summed E-state index contributed by atoms with van der Waals surface area (Å²) in [6.45, 7) is 0. The van der Waals surface area contributed by atoms with Crippen molar-refractivity contribution in [1.29, 1.82) is 0 Å². The lowest BCUT2D eigenvalue weighted by molar-refractivity contribution is 1.07. The quantitative estimate of drug-likeness (QED) is 0.170. The molecular weight excluding hydrogens is 687 g/mol. The van der Waals surface area contributed by atoms with Crippen molar-refractivity contribution < 1.29 is 0 Å². The van der Waals surface area contributed by atoms with Gasteiger partial charge in [0.2, 0.25) is 0 Å². The van der Waals surface area contributed by atoms with Crippen LogP contribution in [0.15, 0.2) is 176 Å². The van der Waals surface area contributed by atoms with E-state index in [4.69, 9.17) is 15.0 Å². The Morgan fingerprint density at radius 2 is 0.782 bits per heavy atom. The minimum absolute atomic E-state index is 0.649. The van der Waals surface area contributed by atoms with Crippen LogP contribution in [-0.4, -0.2) is 15.0 Å². The van der Waals surface area contributed by atoms with Gasteiger partial charge >= 0.3 is 0 Å². The highest BCUT2D eigenvalue weighted by molar-refractivity contribution is 7.22. The highest BCUT2D eigenvalue weighted by atomic mass is 32.1. The first-order chi connectivity index (χ1) is 27.2. The van der Waals surface area contributed by atoms with E-state index in [1.807, 2.05) is 18.2 Å². The molecule has 12 aromatic rings. The Bertz CT molecular complexity index is 3450. The van der Waals surface area contributed by atoms with Gasteiger partial charge in [0.05, 0.1) is 0 Å². The molecule has 0 aliphatic rings. The number of rotatable bonds is 4. The van der Waals surface area contributed by atoms with E-state index < -0.39 is 0 Å².